The fourth-order valence-electron chi connectivity index (χ4n) is 3.73. The van der Waals surface area contributed by atoms with E-state index in [1.165, 1.54) is 0 Å². The summed E-state index contributed by atoms with van der Waals surface area (Å²) in [6.07, 6.45) is 0. The van der Waals surface area contributed by atoms with Crippen molar-refractivity contribution in [1.29, 1.82) is 0 Å². The van der Waals surface area contributed by atoms with Crippen LogP contribution >= 0.6 is 0 Å². The van der Waals surface area contributed by atoms with Gasteiger partial charge in [0.2, 0.25) is 0 Å². The molecule has 0 saturated carbocycles. The van der Waals surface area contributed by atoms with Crippen molar-refractivity contribution >= 4 is 38.3 Å². The molecule has 1 aromatic heterocycles. The van der Waals surface area contributed by atoms with Crippen molar-refractivity contribution in [3.8, 4) is 11.4 Å². The number of aryl methyl sites for hydroxylation is 1. The zero-order chi connectivity index (χ0) is 23.9. The Balaban J connectivity index is 1.49. The number of amidine groups is 2. The van der Waals surface area contributed by atoms with Crippen LogP contribution in [-0.2, 0) is 10.0 Å². The summed E-state index contributed by atoms with van der Waals surface area (Å²) in [6, 6.07) is 21.1. The number of sulfonamides is 1. The van der Waals surface area contributed by atoms with E-state index in [9.17, 15) is 8.42 Å². The Morgan fingerprint density at radius 1 is 0.824 bits per heavy atom. The normalized spacial score (nSPS) is 14.1. The van der Waals surface area contributed by atoms with Crippen molar-refractivity contribution in [2.75, 3.05) is 4.72 Å². The second-order valence-electron chi connectivity index (χ2n) is 7.93. The van der Waals surface area contributed by atoms with Crippen LogP contribution in [0.5, 0.6) is 0 Å². The number of nitrogens with zero attached hydrogens (tertiary/aromatic N) is 4. The lowest BCUT2D eigenvalue weighted by molar-refractivity contribution is 0.601. The molecule has 0 unspecified atom stereocenters. The van der Waals surface area contributed by atoms with Gasteiger partial charge in [-0.2, -0.15) is 0 Å². The molecular formula is C24H21N7O2S. The van der Waals surface area contributed by atoms with Gasteiger partial charge in [0.1, 0.15) is 17.6 Å². The predicted octanol–water partition coefficient (Wildman–Crippen LogP) is 3.13. The highest BCUT2D eigenvalue weighted by Gasteiger charge is 2.29. The van der Waals surface area contributed by atoms with Crippen LogP contribution in [0.15, 0.2) is 87.9 Å². The molecule has 0 amide bonds. The number of benzene rings is 3. The number of hydrogen-bond acceptors (Lipinski definition) is 8. The van der Waals surface area contributed by atoms with Crippen LogP contribution in [0.1, 0.15) is 17.2 Å². The third-order valence-electron chi connectivity index (χ3n) is 5.51. The molecule has 0 fully saturated rings. The van der Waals surface area contributed by atoms with Crippen LogP contribution in [0, 0.1) is 6.92 Å². The average molecular weight is 472 g/mol. The molecule has 10 heteroatoms. The largest absolute Gasteiger partial charge is 0.385 e. The molecule has 5 N–H and O–H groups in total. The summed E-state index contributed by atoms with van der Waals surface area (Å²) in [7, 11) is -3.70. The molecule has 1 aliphatic heterocycles. The molecular weight excluding hydrogens is 450 g/mol. The number of nitrogens with one attached hydrogen (secondary N) is 1. The lowest BCUT2D eigenvalue weighted by Crippen LogP contribution is -2.30. The number of aromatic nitrogens is 2. The maximum absolute atomic E-state index is 12.7. The van der Waals surface area contributed by atoms with Gasteiger partial charge in [-0.25, -0.2) is 18.4 Å². The first-order valence-corrected chi connectivity index (χ1v) is 11.9. The first-order valence-electron chi connectivity index (χ1n) is 10.4. The van der Waals surface area contributed by atoms with Crippen LogP contribution < -0.4 is 16.2 Å². The molecule has 0 saturated heterocycles. The number of anilines is 1. The fraction of sp³-hybridized carbons (Fsp3) is 0.0833. The molecule has 9 nitrogen and oxygen atoms in total. The molecule has 0 aliphatic carbocycles. The summed E-state index contributed by atoms with van der Waals surface area (Å²) in [4.78, 5) is 9.61. The van der Waals surface area contributed by atoms with Crippen molar-refractivity contribution in [3.05, 3.63) is 84.1 Å². The van der Waals surface area contributed by atoms with Gasteiger partial charge >= 0.3 is 0 Å². The fourth-order valence-corrected chi connectivity index (χ4v) is 4.79. The Hall–Kier alpha value is -4.31. The lowest BCUT2D eigenvalue weighted by atomic mass is 9.98. The Kier molecular flexibility index (Phi) is 5.21. The quantitative estimate of drug-likeness (QED) is 0.407. The van der Waals surface area contributed by atoms with Gasteiger partial charge < -0.3 is 11.5 Å². The van der Waals surface area contributed by atoms with Crippen molar-refractivity contribution < 1.29 is 8.42 Å². The number of hydrogen-bond donors (Lipinski definition) is 3. The second kappa shape index (κ2) is 8.23. The molecule has 5 rings (SSSR count). The highest BCUT2D eigenvalue weighted by Crippen LogP contribution is 2.29. The molecule has 1 aliphatic rings. The third kappa shape index (κ3) is 3.95. The molecule has 170 valence electrons. The monoisotopic (exact) mass is 471 g/mol. The van der Waals surface area contributed by atoms with Gasteiger partial charge in [0.25, 0.3) is 10.0 Å². The van der Waals surface area contributed by atoms with E-state index in [0.717, 1.165) is 16.5 Å². The molecule has 4 aromatic rings. The van der Waals surface area contributed by atoms with Gasteiger partial charge in [-0.05, 0) is 49.4 Å². The van der Waals surface area contributed by atoms with Crippen molar-refractivity contribution in [2.24, 2.45) is 21.7 Å². The second-order valence-corrected chi connectivity index (χ2v) is 9.61. The molecule has 34 heavy (non-hydrogen) atoms. The van der Waals surface area contributed by atoms with Crippen LogP contribution in [0.25, 0.3) is 22.3 Å². The lowest BCUT2D eigenvalue weighted by Gasteiger charge is -2.14. The molecule has 0 radical (unpaired) electrons. The Morgan fingerprint density at radius 3 is 2.15 bits per heavy atom. The van der Waals surface area contributed by atoms with Gasteiger partial charge in [-0.15, -0.1) is 10.2 Å². The summed E-state index contributed by atoms with van der Waals surface area (Å²) in [6.45, 7) is 1.90. The van der Waals surface area contributed by atoms with Crippen LogP contribution in [-0.4, -0.2) is 30.1 Å². The van der Waals surface area contributed by atoms with E-state index < -0.39 is 15.9 Å². The van der Waals surface area contributed by atoms with Crippen LogP contribution in [0.2, 0.25) is 0 Å². The van der Waals surface area contributed by atoms with Crippen molar-refractivity contribution in [3.63, 3.8) is 0 Å². The van der Waals surface area contributed by atoms with E-state index in [2.05, 4.69) is 19.9 Å². The molecule has 0 bridgehead atoms. The van der Waals surface area contributed by atoms with E-state index >= 15 is 0 Å². The SMILES string of the molecule is Cc1ccc(S(=O)(=O)Nc2ccc(-c3nc(C4C(N)=NN=C4N)c4ccccc4n3)cc2)cc1. The minimum absolute atomic E-state index is 0.194. The number of fused-ring (bicyclic) bond motifs is 1. The highest BCUT2D eigenvalue weighted by atomic mass is 32.2. The number of rotatable bonds is 5. The summed E-state index contributed by atoms with van der Waals surface area (Å²) in [5, 5.41) is 8.59. The van der Waals surface area contributed by atoms with Crippen LogP contribution in [0.3, 0.4) is 0 Å². The van der Waals surface area contributed by atoms with Gasteiger partial charge in [-0.1, -0.05) is 35.9 Å². The summed E-state index contributed by atoms with van der Waals surface area (Å²) < 4.78 is 28.0. The molecule has 2 heterocycles. The van der Waals surface area contributed by atoms with E-state index in [1.807, 2.05) is 31.2 Å². The van der Waals surface area contributed by atoms with Gasteiger partial charge in [0.05, 0.1) is 16.1 Å². The minimum atomic E-state index is -3.70. The first-order chi connectivity index (χ1) is 16.3. The zero-order valence-corrected chi connectivity index (χ0v) is 19.0. The van der Waals surface area contributed by atoms with Gasteiger partial charge in [-0.3, -0.25) is 4.72 Å². The van der Waals surface area contributed by atoms with Crippen molar-refractivity contribution in [2.45, 2.75) is 17.7 Å². The van der Waals surface area contributed by atoms with E-state index in [1.54, 1.807) is 48.5 Å². The highest BCUT2D eigenvalue weighted by molar-refractivity contribution is 7.92. The van der Waals surface area contributed by atoms with Crippen LogP contribution in [0.4, 0.5) is 5.69 Å². The van der Waals surface area contributed by atoms with Crippen molar-refractivity contribution in [1.82, 2.24) is 9.97 Å². The maximum atomic E-state index is 12.7. The maximum Gasteiger partial charge on any atom is 0.261 e. The van der Waals surface area contributed by atoms with Gasteiger partial charge in [0, 0.05) is 16.6 Å². The summed E-state index contributed by atoms with van der Waals surface area (Å²) in [5.74, 6) is 0.461. The Morgan fingerprint density at radius 2 is 1.47 bits per heavy atom. The predicted molar refractivity (Wildman–Crippen MR) is 133 cm³/mol. The Bertz CT molecular complexity index is 1540. The first kappa shape index (κ1) is 21.5. The number of nitrogens with two attached hydrogens (primary N) is 2. The van der Waals surface area contributed by atoms with E-state index in [0.29, 0.717) is 22.8 Å². The Labute approximate surface area is 196 Å². The summed E-state index contributed by atoms with van der Waals surface area (Å²) >= 11 is 0. The minimum Gasteiger partial charge on any atom is -0.385 e. The third-order valence-corrected chi connectivity index (χ3v) is 6.90. The molecule has 0 spiro atoms. The standard InChI is InChI=1S/C24H21N7O2S/c1-14-6-12-17(13-7-14)34(32,33)31-16-10-8-15(9-11-16)24-27-19-5-3-2-4-18(19)21(28-24)20-22(25)29-30-23(20)26/h2-13,20,31H,1H3,(H2,25,29)(H2,26,30). The van der Waals surface area contributed by atoms with E-state index in [-0.39, 0.29) is 16.6 Å². The van der Waals surface area contributed by atoms with Gasteiger partial charge in [0.15, 0.2) is 5.82 Å². The topological polar surface area (TPSA) is 149 Å². The molecule has 3 aromatic carbocycles. The number of para-hydroxylation sites is 1. The smallest absolute Gasteiger partial charge is 0.261 e. The molecule has 0 atom stereocenters. The van der Waals surface area contributed by atoms with E-state index in [4.69, 9.17) is 16.5 Å². The average Bonchev–Trinajstić information content (AvgIpc) is 3.16. The zero-order valence-electron chi connectivity index (χ0n) is 18.2. The summed E-state index contributed by atoms with van der Waals surface area (Å²) in [5.41, 5.74) is 15.5.